The second-order valence-corrected chi connectivity index (χ2v) is 10.5. The third-order valence-corrected chi connectivity index (χ3v) is 5.98. The van der Waals surface area contributed by atoms with E-state index in [2.05, 4.69) is 0 Å². The Morgan fingerprint density at radius 3 is 0.956 bits per heavy atom. The van der Waals surface area contributed by atoms with E-state index in [9.17, 15) is 9.59 Å². The first-order valence-corrected chi connectivity index (χ1v) is 17.2. The Bertz CT molecular complexity index is 618. The molecule has 0 spiro atoms. The van der Waals surface area contributed by atoms with Gasteiger partial charge in [0, 0.05) is 26.1 Å². The predicted octanol–water partition coefficient (Wildman–Crippen LogP) is 6.62. The molecule has 268 valence electrons. The number of carbonyl (C=O) groups excluding carboxylic acids is 2. The van der Waals surface area contributed by atoms with Crippen molar-refractivity contribution < 1.29 is 57.0 Å². The number of hydrogen-bond donors (Lipinski definition) is 0. The van der Waals surface area contributed by atoms with Crippen LogP contribution < -0.4 is 0 Å². The van der Waals surface area contributed by atoms with E-state index in [1.54, 1.807) is 0 Å². The Morgan fingerprint density at radius 2 is 0.733 bits per heavy atom. The Labute approximate surface area is 272 Å². The third-order valence-electron chi connectivity index (χ3n) is 5.98. The van der Waals surface area contributed by atoms with Crippen molar-refractivity contribution in [1.82, 2.24) is 0 Å². The van der Waals surface area contributed by atoms with Crippen molar-refractivity contribution in [2.75, 3.05) is 52.9 Å². The molecule has 0 bridgehead atoms. The number of hydrogen-bond acceptors (Lipinski definition) is 12. The summed E-state index contributed by atoms with van der Waals surface area (Å²) < 4.78 is 58.7. The molecular formula is C33H64O12. The number of carbonyl (C=O) groups is 2. The van der Waals surface area contributed by atoms with Crippen LogP contribution in [-0.4, -0.2) is 89.3 Å². The minimum Gasteiger partial charge on any atom is -0.435 e. The molecule has 2 unspecified atom stereocenters. The SMILES string of the molecule is CCCOC(CC(OCC)OC(=O)CCCC(=O)OC(CC(OCCC)(OCCC)OCCC)OCC)(OCCC)OCCC. The highest BCUT2D eigenvalue weighted by molar-refractivity contribution is 5.72. The van der Waals surface area contributed by atoms with E-state index in [4.69, 9.17) is 47.4 Å². The van der Waals surface area contributed by atoms with E-state index in [0.29, 0.717) is 52.9 Å². The maximum Gasteiger partial charge on any atom is 0.308 e. The molecule has 0 aromatic rings. The topological polar surface area (TPSA) is 126 Å². The van der Waals surface area contributed by atoms with E-state index in [0.717, 1.165) is 38.5 Å². The minimum atomic E-state index is -1.39. The third kappa shape index (κ3) is 20.5. The van der Waals surface area contributed by atoms with Gasteiger partial charge in [-0.15, -0.1) is 0 Å². The zero-order valence-corrected chi connectivity index (χ0v) is 29.5. The average molecular weight is 653 g/mol. The van der Waals surface area contributed by atoms with Crippen LogP contribution in [0.1, 0.15) is 126 Å². The molecule has 0 aliphatic rings. The summed E-state index contributed by atoms with van der Waals surface area (Å²) in [6.07, 6.45) is 2.92. The fourth-order valence-corrected chi connectivity index (χ4v) is 3.99. The number of rotatable bonds is 32. The summed E-state index contributed by atoms with van der Waals surface area (Å²) in [5.74, 6) is -3.83. The molecular weight excluding hydrogens is 588 g/mol. The highest BCUT2D eigenvalue weighted by Gasteiger charge is 2.40. The molecule has 12 heteroatoms. The summed E-state index contributed by atoms with van der Waals surface area (Å²) in [5.41, 5.74) is 0. The van der Waals surface area contributed by atoms with Crippen molar-refractivity contribution in [3.8, 4) is 0 Å². The standard InChI is InChI=1S/C33H64O12/c1-9-20-38-32(39-21-10-2,40-22-11-3)26-30(36-15-7)44-28(34)18-17-19-29(35)45-31(37-16-8)27-33(41-23-12-4,42-24-13-5)43-25-14-6/h30-31H,9-27H2,1-8H3. The number of ether oxygens (including phenoxy) is 10. The van der Waals surface area contributed by atoms with Gasteiger partial charge in [0.05, 0.1) is 52.5 Å². The summed E-state index contributed by atoms with van der Waals surface area (Å²) in [4.78, 5) is 25.6. The van der Waals surface area contributed by atoms with Gasteiger partial charge in [0.2, 0.25) is 12.6 Å². The zero-order chi connectivity index (χ0) is 33.8. The largest absolute Gasteiger partial charge is 0.435 e. The lowest BCUT2D eigenvalue weighted by molar-refractivity contribution is -0.398. The molecule has 12 nitrogen and oxygen atoms in total. The van der Waals surface area contributed by atoms with Crippen molar-refractivity contribution in [2.45, 2.75) is 151 Å². The molecule has 0 saturated heterocycles. The Balaban J connectivity index is 5.30. The van der Waals surface area contributed by atoms with Gasteiger partial charge in [-0.3, -0.25) is 9.59 Å². The quantitative estimate of drug-likeness (QED) is 0.0573. The van der Waals surface area contributed by atoms with Crippen LogP contribution >= 0.6 is 0 Å². The van der Waals surface area contributed by atoms with Crippen molar-refractivity contribution in [3.05, 3.63) is 0 Å². The monoisotopic (exact) mass is 652 g/mol. The van der Waals surface area contributed by atoms with Crippen molar-refractivity contribution in [3.63, 3.8) is 0 Å². The highest BCUT2D eigenvalue weighted by Crippen LogP contribution is 2.27. The molecule has 0 saturated carbocycles. The van der Waals surface area contributed by atoms with E-state index in [1.165, 1.54) is 0 Å². The molecule has 0 rings (SSSR count). The molecule has 0 aliphatic heterocycles. The van der Waals surface area contributed by atoms with E-state index < -0.39 is 36.5 Å². The average Bonchev–Trinajstić information content (AvgIpc) is 3.02. The van der Waals surface area contributed by atoms with Crippen LogP contribution in [0.3, 0.4) is 0 Å². The molecule has 0 N–H and O–H groups in total. The van der Waals surface area contributed by atoms with Crippen molar-refractivity contribution >= 4 is 11.9 Å². The van der Waals surface area contributed by atoms with Gasteiger partial charge in [0.1, 0.15) is 0 Å². The molecule has 0 radical (unpaired) electrons. The Morgan fingerprint density at radius 1 is 0.467 bits per heavy atom. The van der Waals surface area contributed by atoms with Gasteiger partial charge in [-0.05, 0) is 58.8 Å². The van der Waals surface area contributed by atoms with Gasteiger partial charge >= 0.3 is 11.9 Å². The van der Waals surface area contributed by atoms with Gasteiger partial charge in [-0.25, -0.2) is 0 Å². The highest BCUT2D eigenvalue weighted by atomic mass is 16.9. The first kappa shape index (κ1) is 43.6. The van der Waals surface area contributed by atoms with Gasteiger partial charge in [0.15, 0.2) is 0 Å². The van der Waals surface area contributed by atoms with Crippen LogP contribution in [0.15, 0.2) is 0 Å². The summed E-state index contributed by atoms with van der Waals surface area (Å²) in [6.45, 7) is 18.6. The van der Waals surface area contributed by atoms with Gasteiger partial charge in [-0.2, -0.15) is 0 Å². The summed E-state index contributed by atoms with van der Waals surface area (Å²) in [6, 6.07) is 0. The van der Waals surface area contributed by atoms with E-state index in [1.807, 2.05) is 55.4 Å². The van der Waals surface area contributed by atoms with Gasteiger partial charge < -0.3 is 47.4 Å². The van der Waals surface area contributed by atoms with Crippen LogP contribution in [-0.2, 0) is 57.0 Å². The molecule has 0 amide bonds. The number of esters is 2. The normalized spacial score (nSPS) is 13.5. The lowest BCUT2D eigenvalue weighted by Gasteiger charge is -2.35. The zero-order valence-electron chi connectivity index (χ0n) is 29.5. The van der Waals surface area contributed by atoms with Crippen molar-refractivity contribution in [1.29, 1.82) is 0 Å². The maximum atomic E-state index is 12.8. The molecule has 0 aromatic heterocycles. The fraction of sp³-hybridized carbons (Fsp3) is 0.939. The van der Waals surface area contributed by atoms with Crippen LogP contribution in [0.4, 0.5) is 0 Å². The van der Waals surface area contributed by atoms with Crippen LogP contribution in [0, 0.1) is 0 Å². The van der Waals surface area contributed by atoms with E-state index in [-0.39, 0.29) is 32.1 Å². The minimum absolute atomic E-state index is 0.0187. The van der Waals surface area contributed by atoms with Crippen LogP contribution in [0.5, 0.6) is 0 Å². The van der Waals surface area contributed by atoms with Gasteiger partial charge in [0.25, 0.3) is 11.9 Å². The molecule has 0 aliphatic carbocycles. The predicted molar refractivity (Wildman–Crippen MR) is 169 cm³/mol. The summed E-state index contributed by atoms with van der Waals surface area (Å²) in [7, 11) is 0. The van der Waals surface area contributed by atoms with E-state index >= 15 is 0 Å². The smallest absolute Gasteiger partial charge is 0.308 e. The fourth-order valence-electron chi connectivity index (χ4n) is 3.99. The molecule has 0 heterocycles. The summed E-state index contributed by atoms with van der Waals surface area (Å²) in [5, 5.41) is 0. The molecule has 0 fully saturated rings. The lowest BCUT2D eigenvalue weighted by Crippen LogP contribution is -2.45. The maximum absolute atomic E-state index is 12.8. The first-order valence-electron chi connectivity index (χ1n) is 17.2. The lowest BCUT2D eigenvalue weighted by atomic mass is 10.2. The second-order valence-electron chi connectivity index (χ2n) is 10.5. The molecule has 45 heavy (non-hydrogen) atoms. The Hall–Kier alpha value is -1.38. The second kappa shape index (κ2) is 27.7. The summed E-state index contributed by atoms with van der Waals surface area (Å²) >= 11 is 0. The van der Waals surface area contributed by atoms with Crippen LogP contribution in [0.25, 0.3) is 0 Å². The molecule has 2 atom stereocenters. The van der Waals surface area contributed by atoms with Crippen LogP contribution in [0.2, 0.25) is 0 Å². The van der Waals surface area contributed by atoms with Crippen molar-refractivity contribution in [2.24, 2.45) is 0 Å². The van der Waals surface area contributed by atoms with Gasteiger partial charge in [-0.1, -0.05) is 41.5 Å². The first-order chi connectivity index (χ1) is 21.7. The molecule has 0 aromatic carbocycles. The Kier molecular flexibility index (Phi) is 26.9.